The number of carbonyl (C=O) groups excluding carboxylic acids is 1. The predicted molar refractivity (Wildman–Crippen MR) is 61.3 cm³/mol. The first-order chi connectivity index (χ1) is 8.02. The molecule has 0 spiro atoms. The zero-order valence-electron chi connectivity index (χ0n) is 10.0. The molecule has 0 aliphatic rings. The van der Waals surface area contributed by atoms with Gasteiger partial charge in [-0.3, -0.25) is 14.3 Å². The van der Waals surface area contributed by atoms with E-state index in [1.54, 1.807) is 17.1 Å². The lowest BCUT2D eigenvalue weighted by molar-refractivity contribution is -0.137. The van der Waals surface area contributed by atoms with Crippen LogP contribution in [0.3, 0.4) is 0 Å². The van der Waals surface area contributed by atoms with Crippen molar-refractivity contribution in [3.63, 3.8) is 0 Å². The second-order valence-electron chi connectivity index (χ2n) is 3.89. The first-order valence-corrected chi connectivity index (χ1v) is 5.54. The number of rotatable bonds is 6. The van der Waals surface area contributed by atoms with Crippen LogP contribution in [0.5, 0.6) is 0 Å². The Bertz CT molecular complexity index is 384. The lowest BCUT2D eigenvalue weighted by Crippen LogP contribution is -2.27. The summed E-state index contributed by atoms with van der Waals surface area (Å²) < 4.78 is 1.74. The van der Waals surface area contributed by atoms with Gasteiger partial charge in [-0.2, -0.15) is 5.10 Å². The molecule has 1 atom stereocenters. The molecule has 6 heteroatoms. The minimum Gasteiger partial charge on any atom is -0.481 e. The molecular weight excluding hydrogens is 222 g/mol. The number of aromatic nitrogens is 2. The van der Waals surface area contributed by atoms with Crippen LogP contribution in [0.15, 0.2) is 12.4 Å². The van der Waals surface area contributed by atoms with Crippen molar-refractivity contribution in [1.29, 1.82) is 0 Å². The van der Waals surface area contributed by atoms with Crippen molar-refractivity contribution in [3.8, 4) is 0 Å². The highest BCUT2D eigenvalue weighted by molar-refractivity contribution is 5.75. The summed E-state index contributed by atoms with van der Waals surface area (Å²) in [4.78, 5) is 21.7. The second kappa shape index (κ2) is 6.03. The number of carbonyl (C=O) groups is 2. The van der Waals surface area contributed by atoms with Gasteiger partial charge in [-0.05, 0) is 6.42 Å². The van der Waals surface area contributed by atoms with Crippen molar-refractivity contribution in [2.24, 2.45) is 0 Å². The Morgan fingerprint density at radius 1 is 1.59 bits per heavy atom. The number of aryl methyl sites for hydroxylation is 1. The van der Waals surface area contributed by atoms with Crippen molar-refractivity contribution in [3.05, 3.63) is 18.0 Å². The average Bonchev–Trinajstić information content (AvgIpc) is 2.64. The molecule has 0 bridgehead atoms. The number of nitrogens with one attached hydrogen (secondary N) is 1. The Hall–Kier alpha value is -1.85. The highest BCUT2D eigenvalue weighted by atomic mass is 16.4. The van der Waals surface area contributed by atoms with Crippen LogP contribution in [-0.4, -0.2) is 26.8 Å². The minimum atomic E-state index is -0.952. The van der Waals surface area contributed by atoms with E-state index in [1.165, 1.54) is 6.92 Å². The molecule has 0 aliphatic carbocycles. The smallest absolute Gasteiger partial charge is 0.305 e. The highest BCUT2D eigenvalue weighted by Gasteiger charge is 2.18. The number of carboxylic acids is 1. The van der Waals surface area contributed by atoms with E-state index in [4.69, 9.17) is 5.11 Å². The van der Waals surface area contributed by atoms with E-state index in [1.807, 2.05) is 6.92 Å². The van der Waals surface area contributed by atoms with Gasteiger partial charge in [0.15, 0.2) is 0 Å². The average molecular weight is 239 g/mol. The van der Waals surface area contributed by atoms with Crippen LogP contribution < -0.4 is 5.32 Å². The Morgan fingerprint density at radius 3 is 2.82 bits per heavy atom. The van der Waals surface area contributed by atoms with Crippen molar-refractivity contribution < 1.29 is 14.7 Å². The van der Waals surface area contributed by atoms with E-state index in [9.17, 15) is 9.59 Å². The SMILES string of the molecule is CCCn1cc([C@@H](CC(=O)O)NC(C)=O)cn1. The molecule has 0 fully saturated rings. The molecule has 1 aromatic rings. The van der Waals surface area contributed by atoms with Crippen LogP contribution in [0.25, 0.3) is 0 Å². The van der Waals surface area contributed by atoms with Crippen LogP contribution >= 0.6 is 0 Å². The van der Waals surface area contributed by atoms with E-state index in [0.29, 0.717) is 0 Å². The van der Waals surface area contributed by atoms with E-state index >= 15 is 0 Å². The molecule has 1 rings (SSSR count). The molecular formula is C11H17N3O3. The van der Waals surface area contributed by atoms with Crippen LogP contribution in [0.2, 0.25) is 0 Å². The number of carboxylic acid groups (broad SMARTS) is 1. The van der Waals surface area contributed by atoms with Crippen molar-refractivity contribution in [2.45, 2.75) is 39.3 Å². The molecule has 0 saturated carbocycles. The van der Waals surface area contributed by atoms with Crippen LogP contribution in [-0.2, 0) is 16.1 Å². The van der Waals surface area contributed by atoms with E-state index < -0.39 is 12.0 Å². The molecule has 17 heavy (non-hydrogen) atoms. The molecule has 0 saturated heterocycles. The number of aliphatic carboxylic acids is 1. The molecule has 2 N–H and O–H groups in total. The summed E-state index contributed by atoms with van der Waals surface area (Å²) in [5.41, 5.74) is 0.719. The monoisotopic (exact) mass is 239 g/mol. The van der Waals surface area contributed by atoms with Crippen molar-refractivity contribution in [1.82, 2.24) is 15.1 Å². The largest absolute Gasteiger partial charge is 0.481 e. The van der Waals surface area contributed by atoms with Gasteiger partial charge in [-0.1, -0.05) is 6.92 Å². The second-order valence-corrected chi connectivity index (χ2v) is 3.89. The summed E-state index contributed by atoms with van der Waals surface area (Å²) in [6.45, 7) is 4.18. The number of hydrogen-bond acceptors (Lipinski definition) is 3. The fourth-order valence-electron chi connectivity index (χ4n) is 1.58. The lowest BCUT2D eigenvalue weighted by Gasteiger charge is -2.13. The van der Waals surface area contributed by atoms with Crippen LogP contribution in [0, 0.1) is 0 Å². The van der Waals surface area contributed by atoms with E-state index in [0.717, 1.165) is 18.5 Å². The normalized spacial score (nSPS) is 12.1. The summed E-state index contributed by atoms with van der Waals surface area (Å²) in [6, 6.07) is -0.518. The van der Waals surface area contributed by atoms with Gasteiger partial charge in [0, 0.05) is 25.2 Å². The standard InChI is InChI=1S/C11H17N3O3/c1-3-4-14-7-9(6-12-14)10(5-11(16)17)13-8(2)15/h6-7,10H,3-5H2,1-2H3,(H,13,15)(H,16,17)/t10-/m1/s1. The maximum absolute atomic E-state index is 11.0. The Morgan fingerprint density at radius 2 is 2.29 bits per heavy atom. The molecule has 94 valence electrons. The quantitative estimate of drug-likeness (QED) is 0.774. The third-order valence-corrected chi connectivity index (χ3v) is 2.26. The number of amides is 1. The van der Waals surface area contributed by atoms with Gasteiger partial charge in [0.25, 0.3) is 0 Å². The van der Waals surface area contributed by atoms with Crippen molar-refractivity contribution in [2.75, 3.05) is 0 Å². The van der Waals surface area contributed by atoms with E-state index in [-0.39, 0.29) is 12.3 Å². The molecule has 6 nitrogen and oxygen atoms in total. The van der Waals surface area contributed by atoms with Gasteiger partial charge in [-0.25, -0.2) is 0 Å². The van der Waals surface area contributed by atoms with Gasteiger partial charge >= 0.3 is 5.97 Å². The maximum Gasteiger partial charge on any atom is 0.305 e. The summed E-state index contributed by atoms with van der Waals surface area (Å²) >= 11 is 0. The Kier molecular flexibility index (Phi) is 4.68. The molecule has 1 amide bonds. The summed E-state index contributed by atoms with van der Waals surface area (Å²) in [7, 11) is 0. The van der Waals surface area contributed by atoms with Crippen LogP contribution in [0.1, 0.15) is 38.3 Å². The third kappa shape index (κ3) is 4.26. The topological polar surface area (TPSA) is 84.2 Å². The fraction of sp³-hybridized carbons (Fsp3) is 0.545. The van der Waals surface area contributed by atoms with Gasteiger partial charge in [-0.15, -0.1) is 0 Å². The van der Waals surface area contributed by atoms with Gasteiger partial charge in [0.2, 0.25) is 5.91 Å². The number of nitrogens with zero attached hydrogens (tertiary/aromatic N) is 2. The molecule has 1 aromatic heterocycles. The van der Waals surface area contributed by atoms with Gasteiger partial charge < -0.3 is 10.4 Å². The zero-order chi connectivity index (χ0) is 12.8. The highest BCUT2D eigenvalue weighted by Crippen LogP contribution is 2.16. The third-order valence-electron chi connectivity index (χ3n) is 2.26. The van der Waals surface area contributed by atoms with Gasteiger partial charge in [0.05, 0.1) is 18.7 Å². The summed E-state index contributed by atoms with van der Waals surface area (Å²) in [5, 5.41) is 15.5. The van der Waals surface area contributed by atoms with E-state index in [2.05, 4.69) is 10.4 Å². The van der Waals surface area contributed by atoms with Gasteiger partial charge in [0.1, 0.15) is 0 Å². The first-order valence-electron chi connectivity index (χ1n) is 5.54. The Balaban J connectivity index is 2.79. The minimum absolute atomic E-state index is 0.141. The Labute approximate surface area is 99.6 Å². The molecule has 0 radical (unpaired) electrons. The summed E-state index contributed by atoms with van der Waals surface area (Å²) in [6.07, 6.45) is 4.18. The van der Waals surface area contributed by atoms with Crippen LogP contribution in [0.4, 0.5) is 0 Å². The first kappa shape index (κ1) is 13.2. The molecule has 0 unspecified atom stereocenters. The maximum atomic E-state index is 11.0. The predicted octanol–water partition coefficient (Wildman–Crippen LogP) is 0.945. The summed E-state index contributed by atoms with van der Waals surface area (Å²) in [5.74, 6) is -1.20. The number of hydrogen-bond donors (Lipinski definition) is 2. The van der Waals surface area contributed by atoms with Crippen molar-refractivity contribution >= 4 is 11.9 Å². The molecule has 0 aromatic carbocycles. The molecule has 0 aliphatic heterocycles. The zero-order valence-corrected chi connectivity index (χ0v) is 10.0. The molecule has 1 heterocycles. The lowest BCUT2D eigenvalue weighted by atomic mass is 10.1. The fourth-order valence-corrected chi connectivity index (χ4v) is 1.58.